The van der Waals surface area contributed by atoms with Gasteiger partial charge in [-0.05, 0) is 122 Å². The lowest BCUT2D eigenvalue weighted by atomic mass is 10.0. The fourth-order valence-corrected chi connectivity index (χ4v) is 11.2. The van der Waals surface area contributed by atoms with Gasteiger partial charge in [0, 0.05) is 12.8 Å². The van der Waals surface area contributed by atoms with Gasteiger partial charge in [-0.15, -0.1) is 0 Å². The quantitative estimate of drug-likeness (QED) is 0.0205. The Bertz CT molecular complexity index is 1960. The number of rotatable bonds is 67. The Morgan fingerprint density at radius 3 is 1.09 bits per heavy atom. The molecule has 0 aromatic rings. The highest BCUT2D eigenvalue weighted by Gasteiger charge is 2.30. The zero-order valence-corrected chi connectivity index (χ0v) is 60.2. The fraction of sp³-hybridized carbons (Fsp3) is 0.725. The molecule has 0 rings (SSSR count). The van der Waals surface area contributed by atoms with E-state index in [1.807, 2.05) is 33.3 Å². The van der Waals surface area contributed by atoms with Crippen molar-refractivity contribution in [2.75, 3.05) is 40.9 Å². The van der Waals surface area contributed by atoms with Gasteiger partial charge >= 0.3 is 13.8 Å². The Morgan fingerprint density at radius 2 is 0.711 bits per heavy atom. The van der Waals surface area contributed by atoms with Crippen molar-refractivity contribution in [2.45, 2.75) is 335 Å². The minimum atomic E-state index is -4.47. The molecule has 0 aromatic heterocycles. The molecule has 0 aliphatic rings. The predicted octanol–water partition coefficient (Wildman–Crippen LogP) is 24.2. The largest absolute Gasteiger partial charge is 0.472 e. The maximum absolute atomic E-state index is 13.6. The molecule has 0 radical (unpaired) electrons. The number of hydrogen-bond donors (Lipinski definition) is 2. The van der Waals surface area contributed by atoms with E-state index in [9.17, 15) is 19.0 Å². The van der Waals surface area contributed by atoms with Gasteiger partial charge in [0.25, 0.3) is 0 Å². The van der Waals surface area contributed by atoms with Crippen LogP contribution < -0.4 is 5.32 Å². The highest BCUT2D eigenvalue weighted by molar-refractivity contribution is 7.47. The first-order valence-electron chi connectivity index (χ1n) is 37.4. The van der Waals surface area contributed by atoms with Crippen molar-refractivity contribution >= 4 is 19.7 Å². The van der Waals surface area contributed by atoms with Crippen molar-refractivity contribution in [1.29, 1.82) is 0 Å². The van der Waals surface area contributed by atoms with E-state index in [4.69, 9.17) is 13.8 Å². The topological polar surface area (TPSA) is 111 Å². The standard InChI is InChI=1S/C80H141N2O7P/c1-7-10-13-16-19-22-25-28-30-32-34-36-38-40-41-43-44-46-48-50-52-54-57-60-63-66-69-72-79(83)81-77(76-88-90(85,86)87-75-74-82(4,5)6)78(71-68-65-62-59-56-27-24-21-18-15-12-9-3)89-80(84)73-70-67-64-61-58-55-53-51-49-47-45-42-39-37-35-33-31-29-26-23-20-17-14-11-8-2/h10,13,19-20,22-23,28-31,34-37,40-41,44,46,68,71,77-78H,7-9,11-12,14-18,21,24-27,32-33,38-39,42-43,45,47-67,69-70,72-76H2,1-6H3,(H-,81,83,85,86)/p+1/b13-10-,22-19-,23-20-,30-28-,31-29-,36-34-,37-35-,41-40-,46-44-,71-68+. The second-order valence-corrected chi connectivity index (χ2v) is 27.5. The molecule has 3 unspecified atom stereocenters. The molecule has 0 aliphatic carbocycles. The van der Waals surface area contributed by atoms with Crippen molar-refractivity contribution in [3.05, 3.63) is 122 Å². The van der Waals surface area contributed by atoms with Gasteiger partial charge in [-0.3, -0.25) is 18.6 Å². The normalized spacial score (nSPS) is 14.2. The van der Waals surface area contributed by atoms with Crippen molar-refractivity contribution in [3.63, 3.8) is 0 Å². The van der Waals surface area contributed by atoms with Crippen LogP contribution in [0.1, 0.15) is 323 Å². The third-order valence-electron chi connectivity index (χ3n) is 16.1. The monoisotopic (exact) mass is 1270 g/mol. The zero-order valence-electron chi connectivity index (χ0n) is 59.3. The van der Waals surface area contributed by atoms with Crippen molar-refractivity contribution in [3.8, 4) is 0 Å². The number of esters is 1. The Hall–Kier alpha value is -3.59. The Kier molecular flexibility index (Phi) is 65.6. The average molecular weight is 1270 g/mol. The third kappa shape index (κ3) is 68.8. The number of allylic oxidation sites excluding steroid dienone is 19. The van der Waals surface area contributed by atoms with Gasteiger partial charge in [-0.1, -0.05) is 310 Å². The number of amides is 1. The highest BCUT2D eigenvalue weighted by Crippen LogP contribution is 2.43. The zero-order chi connectivity index (χ0) is 65.6. The van der Waals surface area contributed by atoms with Gasteiger partial charge in [-0.2, -0.15) is 0 Å². The summed E-state index contributed by atoms with van der Waals surface area (Å²) in [7, 11) is 1.48. The molecule has 0 spiro atoms. The lowest BCUT2D eigenvalue weighted by Gasteiger charge is -2.27. The molecule has 90 heavy (non-hydrogen) atoms. The number of unbranched alkanes of at least 4 members (excludes halogenated alkanes) is 33. The van der Waals surface area contributed by atoms with Crippen LogP contribution in [0.5, 0.6) is 0 Å². The molecule has 518 valence electrons. The van der Waals surface area contributed by atoms with Gasteiger partial charge < -0.3 is 19.4 Å². The summed E-state index contributed by atoms with van der Waals surface area (Å²) < 4.78 is 30.9. The first-order valence-corrected chi connectivity index (χ1v) is 38.9. The SMILES string of the molecule is CC/C=C\C/C=C\C/C=C\C/C=C\C/C=C\C/C=C\CCCCCCCCCCC(=O)NC(COP(=O)(O)OCC[N+](C)(C)C)C(/C=C/CCCCCCCCCCCC)OC(=O)CCCCCCCCCCCCCC/C=C\C/C=C\C/C=C\CCCCC. The molecule has 0 heterocycles. The van der Waals surface area contributed by atoms with Gasteiger partial charge in [0.2, 0.25) is 5.91 Å². The molecule has 10 heteroatoms. The molecule has 9 nitrogen and oxygen atoms in total. The number of nitrogens with zero attached hydrogens (tertiary/aromatic N) is 1. The van der Waals surface area contributed by atoms with Gasteiger partial charge in [0.1, 0.15) is 19.3 Å². The molecule has 0 aromatic carbocycles. The summed E-state index contributed by atoms with van der Waals surface area (Å²) in [6, 6.07) is -0.863. The Balaban J connectivity index is 5.05. The molecule has 0 fully saturated rings. The van der Waals surface area contributed by atoms with Crippen molar-refractivity contribution < 1.29 is 37.3 Å². The lowest BCUT2D eigenvalue weighted by molar-refractivity contribution is -0.870. The van der Waals surface area contributed by atoms with Crippen LogP contribution in [0.25, 0.3) is 0 Å². The second-order valence-electron chi connectivity index (χ2n) is 26.1. The summed E-state index contributed by atoms with van der Waals surface area (Å²) in [5.41, 5.74) is 0. The molecule has 3 atom stereocenters. The summed E-state index contributed by atoms with van der Waals surface area (Å²) in [6.07, 6.45) is 96.4. The minimum Gasteiger partial charge on any atom is -0.456 e. The smallest absolute Gasteiger partial charge is 0.456 e. The van der Waals surface area contributed by atoms with Crippen LogP contribution in [0.3, 0.4) is 0 Å². The summed E-state index contributed by atoms with van der Waals surface area (Å²) >= 11 is 0. The molecular weight excluding hydrogens is 1130 g/mol. The second kappa shape index (κ2) is 68.3. The number of carbonyl (C=O) groups excluding carboxylic acids is 2. The Morgan fingerprint density at radius 1 is 0.400 bits per heavy atom. The van der Waals surface area contributed by atoms with E-state index in [1.165, 1.54) is 167 Å². The van der Waals surface area contributed by atoms with Crippen LogP contribution in [-0.2, 0) is 27.9 Å². The van der Waals surface area contributed by atoms with E-state index < -0.39 is 20.0 Å². The van der Waals surface area contributed by atoms with Gasteiger partial charge in [-0.25, -0.2) is 4.57 Å². The Labute approximate surface area is 556 Å². The number of ether oxygens (including phenoxy) is 1. The van der Waals surface area contributed by atoms with E-state index in [0.29, 0.717) is 17.4 Å². The molecule has 2 N–H and O–H groups in total. The summed E-state index contributed by atoms with van der Waals surface area (Å²) in [5, 5.41) is 3.07. The number of hydrogen-bond acceptors (Lipinski definition) is 6. The van der Waals surface area contributed by atoms with E-state index >= 15 is 0 Å². The van der Waals surface area contributed by atoms with Crippen LogP contribution in [0.15, 0.2) is 122 Å². The first kappa shape index (κ1) is 86.4. The highest BCUT2D eigenvalue weighted by atomic mass is 31.2. The number of likely N-dealkylation sites (N-methyl/N-ethyl adjacent to an activating group) is 1. The van der Waals surface area contributed by atoms with Crippen molar-refractivity contribution in [2.24, 2.45) is 0 Å². The van der Waals surface area contributed by atoms with Crippen LogP contribution in [0, 0.1) is 0 Å². The molecule has 0 saturated heterocycles. The van der Waals surface area contributed by atoms with E-state index in [-0.39, 0.29) is 31.5 Å². The van der Waals surface area contributed by atoms with E-state index in [1.54, 1.807) is 0 Å². The van der Waals surface area contributed by atoms with Crippen LogP contribution in [0.2, 0.25) is 0 Å². The molecule has 0 bridgehead atoms. The number of carbonyl (C=O) groups is 2. The molecule has 1 amide bonds. The number of quaternary nitrogens is 1. The van der Waals surface area contributed by atoms with Crippen LogP contribution in [-0.4, -0.2) is 74.3 Å². The minimum absolute atomic E-state index is 0.0330. The van der Waals surface area contributed by atoms with Gasteiger partial charge in [0.05, 0.1) is 33.8 Å². The van der Waals surface area contributed by atoms with Crippen LogP contribution >= 0.6 is 7.82 Å². The third-order valence-corrected chi connectivity index (χ3v) is 17.1. The molecular formula is C80H142N2O7P+. The van der Waals surface area contributed by atoms with E-state index in [2.05, 4.69) is 135 Å². The van der Waals surface area contributed by atoms with Crippen LogP contribution in [0.4, 0.5) is 0 Å². The number of nitrogens with one attached hydrogen (secondary N) is 1. The summed E-state index contributed by atoms with van der Waals surface area (Å²) in [5.74, 6) is -0.515. The van der Waals surface area contributed by atoms with Gasteiger partial charge in [0.15, 0.2) is 0 Å². The molecule has 0 saturated carbocycles. The summed E-state index contributed by atoms with van der Waals surface area (Å²) in [6.45, 7) is 6.88. The van der Waals surface area contributed by atoms with E-state index in [0.717, 1.165) is 122 Å². The maximum atomic E-state index is 13.6. The predicted molar refractivity (Wildman–Crippen MR) is 392 cm³/mol. The maximum Gasteiger partial charge on any atom is 0.472 e. The average Bonchev–Trinajstić information content (AvgIpc) is 3.04. The fourth-order valence-electron chi connectivity index (χ4n) is 10.4. The number of phosphoric acid groups is 1. The molecule has 0 aliphatic heterocycles. The summed E-state index contributed by atoms with van der Waals surface area (Å²) in [4.78, 5) is 38.0. The lowest BCUT2D eigenvalue weighted by Crippen LogP contribution is -2.47. The van der Waals surface area contributed by atoms with Crippen molar-refractivity contribution in [1.82, 2.24) is 5.32 Å². The first-order chi connectivity index (χ1) is 43.9. The number of phosphoric ester groups is 1.